The highest BCUT2D eigenvalue weighted by atomic mass is 32.1. The van der Waals surface area contributed by atoms with Gasteiger partial charge in [0, 0.05) is 38.3 Å². The quantitative estimate of drug-likeness (QED) is 0.875. The Bertz CT molecular complexity index is 596. The number of hydrogen-bond donors (Lipinski definition) is 2. The molecule has 2 rings (SSSR count). The molecule has 2 N–H and O–H groups in total. The van der Waals surface area contributed by atoms with Gasteiger partial charge in [-0.3, -0.25) is 4.79 Å². The predicted octanol–water partition coefficient (Wildman–Crippen LogP) is 1.58. The van der Waals surface area contributed by atoms with Gasteiger partial charge in [0.15, 0.2) is 5.13 Å². The van der Waals surface area contributed by atoms with E-state index in [0.717, 1.165) is 10.8 Å². The second-order valence-corrected chi connectivity index (χ2v) is 5.21. The van der Waals surface area contributed by atoms with Crippen LogP contribution in [0.4, 0.5) is 10.9 Å². The summed E-state index contributed by atoms with van der Waals surface area (Å²) < 4.78 is 0. The van der Waals surface area contributed by atoms with E-state index in [4.69, 9.17) is 0 Å². The van der Waals surface area contributed by atoms with Gasteiger partial charge in [-0.05, 0) is 12.1 Å². The summed E-state index contributed by atoms with van der Waals surface area (Å²) in [6, 6.07) is 3.39. The zero-order valence-corrected chi connectivity index (χ0v) is 12.5. The predicted molar refractivity (Wildman–Crippen MR) is 81.4 cm³/mol. The first kappa shape index (κ1) is 14.3. The van der Waals surface area contributed by atoms with Crippen molar-refractivity contribution in [2.45, 2.75) is 6.54 Å². The molecule has 0 radical (unpaired) electrons. The summed E-state index contributed by atoms with van der Waals surface area (Å²) in [6.07, 6.45) is 1.60. The molecule has 0 saturated carbocycles. The number of pyridine rings is 1. The molecule has 1 amide bonds. The van der Waals surface area contributed by atoms with Crippen molar-refractivity contribution >= 4 is 28.2 Å². The minimum atomic E-state index is -0.136. The number of thiazole rings is 1. The second kappa shape index (κ2) is 6.33. The number of carbonyl (C=O) groups is 1. The van der Waals surface area contributed by atoms with Gasteiger partial charge >= 0.3 is 0 Å². The molecular formula is C13H17N5OS. The van der Waals surface area contributed by atoms with Gasteiger partial charge in [0.05, 0.1) is 12.2 Å². The number of carbonyl (C=O) groups excluding carboxylic acids is 1. The molecule has 0 aliphatic carbocycles. The van der Waals surface area contributed by atoms with Crippen LogP contribution in [0.2, 0.25) is 0 Å². The van der Waals surface area contributed by atoms with E-state index in [2.05, 4.69) is 20.6 Å². The maximum Gasteiger partial charge on any atom is 0.251 e. The largest absolute Gasteiger partial charge is 0.373 e. The Balaban J connectivity index is 1.97. The number of rotatable bonds is 5. The summed E-state index contributed by atoms with van der Waals surface area (Å²) in [7, 11) is 5.65. The zero-order valence-electron chi connectivity index (χ0n) is 11.7. The Kier molecular flexibility index (Phi) is 4.52. The molecule has 0 bridgehead atoms. The Hall–Kier alpha value is -2.15. The van der Waals surface area contributed by atoms with Crippen molar-refractivity contribution in [3.8, 4) is 0 Å². The van der Waals surface area contributed by atoms with Crippen molar-refractivity contribution in [3.05, 3.63) is 35.0 Å². The summed E-state index contributed by atoms with van der Waals surface area (Å²) in [4.78, 5) is 22.5. The third kappa shape index (κ3) is 3.45. The molecule has 0 aromatic carbocycles. The Labute approximate surface area is 121 Å². The first-order valence-corrected chi connectivity index (χ1v) is 7.02. The molecular weight excluding hydrogens is 274 g/mol. The summed E-state index contributed by atoms with van der Waals surface area (Å²) in [5, 5.41) is 8.63. The van der Waals surface area contributed by atoms with E-state index >= 15 is 0 Å². The molecule has 6 nitrogen and oxygen atoms in total. The minimum absolute atomic E-state index is 0.136. The molecule has 0 spiro atoms. The lowest BCUT2D eigenvalue weighted by Gasteiger charge is -2.06. The topological polar surface area (TPSA) is 70.2 Å². The molecule has 0 aliphatic heterocycles. The summed E-state index contributed by atoms with van der Waals surface area (Å²) in [6.45, 7) is 0.417. The Morgan fingerprint density at radius 3 is 2.90 bits per heavy atom. The average molecular weight is 291 g/mol. The van der Waals surface area contributed by atoms with Crippen molar-refractivity contribution in [2.24, 2.45) is 0 Å². The molecule has 2 heterocycles. The van der Waals surface area contributed by atoms with E-state index in [-0.39, 0.29) is 5.91 Å². The number of aromatic nitrogens is 2. The van der Waals surface area contributed by atoms with E-state index in [1.807, 2.05) is 24.4 Å². The SMILES string of the molecule is CNc1cc(C(=O)NCc2csc(N(C)C)n2)ccn1. The van der Waals surface area contributed by atoms with Crippen LogP contribution < -0.4 is 15.5 Å². The standard InChI is InChI=1S/C13H17N5OS/c1-14-11-6-9(4-5-15-11)12(19)16-7-10-8-20-13(17-10)18(2)3/h4-6,8H,7H2,1-3H3,(H,14,15)(H,16,19). The highest BCUT2D eigenvalue weighted by Gasteiger charge is 2.08. The fraction of sp³-hybridized carbons (Fsp3) is 0.308. The number of nitrogens with zero attached hydrogens (tertiary/aromatic N) is 3. The highest BCUT2D eigenvalue weighted by molar-refractivity contribution is 7.13. The van der Waals surface area contributed by atoms with E-state index in [0.29, 0.717) is 17.9 Å². The van der Waals surface area contributed by atoms with Crippen molar-refractivity contribution in [2.75, 3.05) is 31.4 Å². The molecule has 20 heavy (non-hydrogen) atoms. The number of nitrogens with one attached hydrogen (secondary N) is 2. The van der Waals surface area contributed by atoms with Crippen molar-refractivity contribution in [1.82, 2.24) is 15.3 Å². The summed E-state index contributed by atoms with van der Waals surface area (Å²) >= 11 is 1.55. The van der Waals surface area contributed by atoms with Gasteiger partial charge in [-0.25, -0.2) is 9.97 Å². The normalized spacial score (nSPS) is 10.2. The van der Waals surface area contributed by atoms with Crippen LogP contribution in [0.25, 0.3) is 0 Å². The smallest absolute Gasteiger partial charge is 0.251 e. The summed E-state index contributed by atoms with van der Waals surface area (Å²) in [5.41, 5.74) is 1.43. The van der Waals surface area contributed by atoms with Crippen molar-refractivity contribution in [3.63, 3.8) is 0 Å². The van der Waals surface area contributed by atoms with Gasteiger partial charge in [-0.1, -0.05) is 0 Å². The fourth-order valence-corrected chi connectivity index (χ4v) is 2.32. The third-order valence-electron chi connectivity index (χ3n) is 2.63. The molecule has 0 unspecified atom stereocenters. The van der Waals surface area contributed by atoms with E-state index in [9.17, 15) is 4.79 Å². The van der Waals surface area contributed by atoms with Gasteiger partial charge in [0.1, 0.15) is 5.82 Å². The molecule has 0 saturated heterocycles. The lowest BCUT2D eigenvalue weighted by molar-refractivity contribution is 0.0950. The van der Waals surface area contributed by atoms with E-state index < -0.39 is 0 Å². The van der Waals surface area contributed by atoms with Gasteiger partial charge in [0.25, 0.3) is 5.91 Å². The fourth-order valence-electron chi connectivity index (χ4n) is 1.56. The maximum absolute atomic E-state index is 12.0. The Morgan fingerprint density at radius 1 is 1.45 bits per heavy atom. The van der Waals surface area contributed by atoms with Crippen LogP contribution in [-0.2, 0) is 6.54 Å². The van der Waals surface area contributed by atoms with E-state index in [1.165, 1.54) is 0 Å². The molecule has 106 valence electrons. The number of anilines is 2. The zero-order chi connectivity index (χ0) is 14.5. The highest BCUT2D eigenvalue weighted by Crippen LogP contribution is 2.17. The van der Waals surface area contributed by atoms with Gasteiger partial charge in [-0.2, -0.15) is 0 Å². The van der Waals surface area contributed by atoms with Crippen LogP contribution in [0.5, 0.6) is 0 Å². The lowest BCUT2D eigenvalue weighted by Crippen LogP contribution is -2.23. The molecule has 7 heteroatoms. The molecule has 0 aliphatic rings. The van der Waals surface area contributed by atoms with Gasteiger partial charge in [0.2, 0.25) is 0 Å². The minimum Gasteiger partial charge on any atom is -0.373 e. The van der Waals surface area contributed by atoms with Crippen LogP contribution in [-0.4, -0.2) is 37.0 Å². The van der Waals surface area contributed by atoms with Crippen molar-refractivity contribution in [1.29, 1.82) is 0 Å². The van der Waals surface area contributed by atoms with Crippen LogP contribution in [0, 0.1) is 0 Å². The Morgan fingerprint density at radius 2 is 2.25 bits per heavy atom. The first-order valence-electron chi connectivity index (χ1n) is 6.14. The maximum atomic E-state index is 12.0. The van der Waals surface area contributed by atoms with Crippen LogP contribution in [0.1, 0.15) is 16.1 Å². The second-order valence-electron chi connectivity index (χ2n) is 4.38. The van der Waals surface area contributed by atoms with E-state index in [1.54, 1.807) is 36.7 Å². The summed E-state index contributed by atoms with van der Waals surface area (Å²) in [5.74, 6) is 0.532. The van der Waals surface area contributed by atoms with Crippen LogP contribution >= 0.6 is 11.3 Å². The molecule has 2 aromatic rings. The lowest BCUT2D eigenvalue weighted by atomic mass is 10.2. The molecule has 0 atom stereocenters. The number of amides is 1. The van der Waals surface area contributed by atoms with Crippen molar-refractivity contribution < 1.29 is 4.79 Å². The molecule has 2 aromatic heterocycles. The average Bonchev–Trinajstić information content (AvgIpc) is 2.94. The van der Waals surface area contributed by atoms with Crippen LogP contribution in [0.3, 0.4) is 0 Å². The van der Waals surface area contributed by atoms with Gasteiger partial charge < -0.3 is 15.5 Å². The monoisotopic (exact) mass is 291 g/mol. The third-order valence-corrected chi connectivity index (χ3v) is 3.69. The number of hydrogen-bond acceptors (Lipinski definition) is 6. The van der Waals surface area contributed by atoms with Crippen LogP contribution in [0.15, 0.2) is 23.7 Å². The van der Waals surface area contributed by atoms with Gasteiger partial charge in [-0.15, -0.1) is 11.3 Å². The first-order chi connectivity index (χ1) is 9.60. The molecule has 0 fully saturated rings.